The van der Waals surface area contributed by atoms with Crippen LogP contribution in [0, 0.1) is 13.8 Å². The van der Waals surface area contributed by atoms with E-state index in [-0.39, 0.29) is 6.61 Å². The Balaban J connectivity index is 2.07. The summed E-state index contributed by atoms with van der Waals surface area (Å²) in [5, 5.41) is 2.64. The van der Waals surface area contributed by atoms with Crippen molar-refractivity contribution >= 4 is 45.4 Å². The Morgan fingerprint density at radius 2 is 1.61 bits per heavy atom. The van der Waals surface area contributed by atoms with E-state index >= 15 is 0 Å². The smallest absolute Gasteiger partial charge is 0.396 e. The molecule has 1 amide bonds. The molecule has 13 heteroatoms. The third-order valence-corrected chi connectivity index (χ3v) is 6.22. The highest BCUT2D eigenvalue weighted by atomic mass is 32.1. The van der Waals surface area contributed by atoms with Crippen LogP contribution in [0.1, 0.15) is 38.8 Å². The van der Waals surface area contributed by atoms with Crippen LogP contribution in [-0.2, 0) is 38.1 Å². The van der Waals surface area contributed by atoms with Crippen molar-refractivity contribution < 1.29 is 47.3 Å². The Hall–Kier alpha value is -3.45. The molecule has 196 valence electrons. The Bertz CT molecular complexity index is 1230. The van der Waals surface area contributed by atoms with Crippen LogP contribution in [0.15, 0.2) is 15.3 Å². The maximum Gasteiger partial charge on any atom is 0.396 e. The standard InChI is InChI=1S/C23H27NO11S/c1-9-10(2)19-17(36-23(29)35-19)7-15(9)33-22-18(24-11(3)25)21(32-14(6)28)20(31-13(5)27)16(34-22)8-30-12(4)26/h7,16,18,20-22H,8H2,1-6H3,(H,24,25)/t16-,18-,20+,21+,22-/m0/s1. The number of carbonyl (C=O) groups excluding carboxylic acids is 4. The molecule has 36 heavy (non-hydrogen) atoms. The summed E-state index contributed by atoms with van der Waals surface area (Å²) in [6, 6.07) is 0.476. The Labute approximate surface area is 209 Å². The normalized spacial score (nSPS) is 23.6. The van der Waals surface area contributed by atoms with E-state index in [4.69, 9.17) is 28.1 Å². The van der Waals surface area contributed by atoms with E-state index in [0.717, 1.165) is 25.2 Å². The van der Waals surface area contributed by atoms with Gasteiger partial charge in [-0.3, -0.25) is 19.2 Å². The lowest BCUT2D eigenvalue weighted by atomic mass is 9.96. The van der Waals surface area contributed by atoms with Crippen molar-refractivity contribution in [3.63, 3.8) is 0 Å². The van der Waals surface area contributed by atoms with Gasteiger partial charge in [0, 0.05) is 33.8 Å². The van der Waals surface area contributed by atoms with E-state index in [1.165, 1.54) is 13.8 Å². The van der Waals surface area contributed by atoms with Gasteiger partial charge in [-0.2, -0.15) is 0 Å². The number of fused-ring (bicyclic) bond motifs is 1. The monoisotopic (exact) mass is 525 g/mol. The van der Waals surface area contributed by atoms with Crippen molar-refractivity contribution in [2.24, 2.45) is 0 Å². The molecule has 1 aliphatic rings. The van der Waals surface area contributed by atoms with Gasteiger partial charge in [-0.1, -0.05) is 11.3 Å². The molecule has 1 saturated heterocycles. The van der Waals surface area contributed by atoms with Gasteiger partial charge >= 0.3 is 22.8 Å². The first kappa shape index (κ1) is 27.1. The molecule has 1 aromatic carbocycles. The SMILES string of the molecule is CC(=O)N[C@@H]1[C@@H](Oc2cc3sc(=O)oc3c(C)c2C)O[C@@H](COC(C)=O)[C@@H](OC(C)=O)[C@@H]1OC(C)=O. The number of esters is 3. The van der Waals surface area contributed by atoms with Gasteiger partial charge in [0.15, 0.2) is 17.8 Å². The summed E-state index contributed by atoms with van der Waals surface area (Å²) in [7, 11) is 0. The van der Waals surface area contributed by atoms with Crippen LogP contribution in [0.4, 0.5) is 0 Å². The minimum Gasteiger partial charge on any atom is -0.463 e. The molecule has 2 heterocycles. The number of benzene rings is 1. The molecule has 0 radical (unpaired) electrons. The Morgan fingerprint density at radius 1 is 0.972 bits per heavy atom. The fourth-order valence-electron chi connectivity index (χ4n) is 3.87. The molecule has 0 spiro atoms. The first-order valence-corrected chi connectivity index (χ1v) is 11.8. The van der Waals surface area contributed by atoms with E-state index in [1.54, 1.807) is 19.9 Å². The Morgan fingerprint density at radius 3 is 2.19 bits per heavy atom. The molecular formula is C23H27NO11S. The average molecular weight is 526 g/mol. The molecule has 3 rings (SSSR count). The second-order valence-electron chi connectivity index (χ2n) is 8.24. The van der Waals surface area contributed by atoms with Gasteiger partial charge in [0.1, 0.15) is 24.5 Å². The summed E-state index contributed by atoms with van der Waals surface area (Å²) >= 11 is 0.894. The number of carbonyl (C=O) groups is 4. The number of aryl methyl sites for hydroxylation is 1. The van der Waals surface area contributed by atoms with Crippen molar-refractivity contribution in [2.75, 3.05) is 6.61 Å². The molecule has 0 unspecified atom stereocenters. The molecule has 1 aliphatic heterocycles. The second-order valence-corrected chi connectivity index (χ2v) is 9.22. The lowest BCUT2D eigenvalue weighted by Crippen LogP contribution is -2.67. The minimum absolute atomic E-state index is 0.316. The summed E-state index contributed by atoms with van der Waals surface area (Å²) in [5.74, 6) is -2.21. The van der Waals surface area contributed by atoms with Gasteiger partial charge in [0.2, 0.25) is 12.2 Å². The third kappa shape index (κ3) is 6.21. The molecule has 0 bridgehead atoms. The van der Waals surface area contributed by atoms with Crippen LogP contribution in [-0.4, -0.2) is 61.1 Å². The summed E-state index contributed by atoms with van der Waals surface area (Å²) in [6.07, 6.45) is -4.85. The van der Waals surface area contributed by atoms with Crippen molar-refractivity contribution in [2.45, 2.75) is 72.2 Å². The highest BCUT2D eigenvalue weighted by Gasteiger charge is 2.52. The summed E-state index contributed by atoms with van der Waals surface area (Å²) in [4.78, 5) is 58.7. The fraction of sp³-hybridized carbons (Fsp3) is 0.522. The van der Waals surface area contributed by atoms with Gasteiger partial charge < -0.3 is 33.4 Å². The minimum atomic E-state index is -1.27. The fourth-order valence-corrected chi connectivity index (χ4v) is 4.63. The van der Waals surface area contributed by atoms with Gasteiger partial charge in [0.25, 0.3) is 0 Å². The molecule has 0 saturated carbocycles. The van der Waals surface area contributed by atoms with Gasteiger partial charge in [0.05, 0.1) is 4.70 Å². The third-order valence-electron chi connectivity index (χ3n) is 5.45. The molecular weight excluding hydrogens is 498 g/mol. The zero-order chi connectivity index (χ0) is 26.7. The second kappa shape index (κ2) is 11.1. The predicted octanol–water partition coefficient (Wildman–Crippen LogP) is 1.51. The predicted molar refractivity (Wildman–Crippen MR) is 124 cm³/mol. The van der Waals surface area contributed by atoms with Crippen LogP contribution in [0.2, 0.25) is 0 Å². The lowest BCUT2D eigenvalue weighted by molar-refractivity contribution is -0.257. The zero-order valence-electron chi connectivity index (χ0n) is 20.6. The van der Waals surface area contributed by atoms with E-state index in [0.29, 0.717) is 27.2 Å². The van der Waals surface area contributed by atoms with Gasteiger partial charge in [-0.05, 0) is 25.0 Å². The van der Waals surface area contributed by atoms with Crippen molar-refractivity contribution in [3.05, 3.63) is 26.9 Å². The van der Waals surface area contributed by atoms with Crippen molar-refractivity contribution in [1.29, 1.82) is 0 Å². The Kier molecular flexibility index (Phi) is 8.35. The van der Waals surface area contributed by atoms with Gasteiger partial charge in [-0.25, -0.2) is 4.79 Å². The molecule has 1 aromatic heterocycles. The number of amides is 1. The molecule has 2 aromatic rings. The van der Waals surface area contributed by atoms with Crippen LogP contribution in [0.5, 0.6) is 5.75 Å². The van der Waals surface area contributed by atoms with E-state index in [1.807, 2.05) is 0 Å². The molecule has 1 N–H and O–H groups in total. The zero-order valence-corrected chi connectivity index (χ0v) is 21.4. The van der Waals surface area contributed by atoms with Crippen LogP contribution in [0.25, 0.3) is 10.3 Å². The number of hydrogen-bond acceptors (Lipinski definition) is 12. The summed E-state index contributed by atoms with van der Waals surface area (Å²) in [6.45, 7) is 7.91. The van der Waals surface area contributed by atoms with Crippen LogP contribution < -0.4 is 15.0 Å². The largest absolute Gasteiger partial charge is 0.463 e. The molecule has 0 aliphatic carbocycles. The molecule has 5 atom stereocenters. The molecule has 12 nitrogen and oxygen atoms in total. The molecule has 1 fully saturated rings. The summed E-state index contributed by atoms with van der Waals surface area (Å²) in [5.41, 5.74) is 1.73. The maximum atomic E-state index is 12.1. The summed E-state index contributed by atoms with van der Waals surface area (Å²) < 4.78 is 33.9. The number of ether oxygens (including phenoxy) is 5. The van der Waals surface area contributed by atoms with E-state index in [2.05, 4.69) is 5.32 Å². The van der Waals surface area contributed by atoms with E-state index in [9.17, 15) is 24.0 Å². The first-order valence-electron chi connectivity index (χ1n) is 11.0. The first-order chi connectivity index (χ1) is 16.9. The number of hydrogen-bond donors (Lipinski definition) is 1. The van der Waals surface area contributed by atoms with Crippen molar-refractivity contribution in [1.82, 2.24) is 5.32 Å². The quantitative estimate of drug-likeness (QED) is 0.413. The van der Waals surface area contributed by atoms with E-state index < -0.39 is 59.4 Å². The number of rotatable bonds is 7. The maximum absolute atomic E-state index is 12.1. The number of nitrogens with one attached hydrogen (secondary N) is 1. The lowest BCUT2D eigenvalue weighted by Gasteiger charge is -2.44. The van der Waals surface area contributed by atoms with Crippen LogP contribution >= 0.6 is 11.3 Å². The van der Waals surface area contributed by atoms with Gasteiger partial charge in [-0.15, -0.1) is 0 Å². The average Bonchev–Trinajstić information content (AvgIpc) is 3.13. The van der Waals surface area contributed by atoms with Crippen LogP contribution in [0.3, 0.4) is 0 Å². The topological polar surface area (TPSA) is 157 Å². The van der Waals surface area contributed by atoms with Crippen molar-refractivity contribution in [3.8, 4) is 5.75 Å². The highest BCUT2D eigenvalue weighted by Crippen LogP contribution is 2.35. The highest BCUT2D eigenvalue weighted by molar-refractivity contribution is 7.16.